The number of rotatable bonds is 2. The zero-order valence-corrected chi connectivity index (χ0v) is 10.1. The molecule has 0 atom stereocenters. The van der Waals surface area contributed by atoms with Gasteiger partial charge in [0.2, 0.25) is 0 Å². The van der Waals surface area contributed by atoms with Crippen LogP contribution >= 0.6 is 0 Å². The Morgan fingerprint density at radius 3 is 1.07 bits per heavy atom. The molecule has 0 aromatic heterocycles. The summed E-state index contributed by atoms with van der Waals surface area (Å²) in [6, 6.07) is 3.70. The van der Waals surface area contributed by atoms with Crippen LogP contribution in [0, 0.1) is 0 Å². The molecule has 1 aromatic rings. The summed E-state index contributed by atoms with van der Waals surface area (Å²) < 4.78 is 59.0. The molecule has 78 valence electrons. The van der Waals surface area contributed by atoms with Crippen molar-refractivity contribution in [2.75, 3.05) is 0 Å². The summed E-state index contributed by atoms with van der Waals surface area (Å²) in [5, 5.41) is 0. The molecule has 0 aliphatic rings. The zero-order chi connectivity index (χ0) is 11.0. The Balaban J connectivity index is 3.28. The van der Waals surface area contributed by atoms with Crippen molar-refractivity contribution in [1.29, 1.82) is 0 Å². The van der Waals surface area contributed by atoms with Gasteiger partial charge in [-0.15, -0.1) is 0 Å². The Morgan fingerprint density at radius 2 is 0.929 bits per heavy atom. The van der Waals surface area contributed by atoms with Crippen LogP contribution < -0.4 is 8.92 Å². The number of hydrogen-bond acceptors (Lipinski definition) is 4. The average molecular weight is 332 g/mol. The summed E-state index contributed by atoms with van der Waals surface area (Å²) in [5.74, 6) is 0. The van der Waals surface area contributed by atoms with E-state index in [0.717, 1.165) is 24.3 Å². The van der Waals surface area contributed by atoms with Gasteiger partial charge in [0.15, 0.2) is 0 Å². The first-order valence-electron chi connectivity index (χ1n) is 3.26. The number of hydrogen-bond donors (Lipinski definition) is 2. The SMILES string of the molecule is O=[Se](=O)(O)c1ccc([Se](=O)(=O)O)cc1. The summed E-state index contributed by atoms with van der Waals surface area (Å²) in [4.78, 5) is 0. The normalized spacial score (nSPS) is 12.7. The predicted octanol–water partition coefficient (Wildman–Crippen LogP) is -2.31. The van der Waals surface area contributed by atoms with Gasteiger partial charge in [-0.3, -0.25) is 0 Å². The number of benzene rings is 1. The molecular weight excluding hydrogens is 326 g/mol. The van der Waals surface area contributed by atoms with Crippen LogP contribution in [-0.4, -0.2) is 34.5 Å². The van der Waals surface area contributed by atoms with Crippen LogP contribution in [0.15, 0.2) is 24.3 Å². The molecule has 1 rings (SSSR count). The van der Waals surface area contributed by atoms with E-state index in [4.69, 9.17) is 8.38 Å². The van der Waals surface area contributed by atoms with Crippen LogP contribution in [0.1, 0.15) is 0 Å². The van der Waals surface area contributed by atoms with E-state index in [9.17, 15) is 15.3 Å². The first-order valence-corrected chi connectivity index (χ1v) is 9.30. The molecule has 2 N–H and O–H groups in total. The third kappa shape index (κ3) is 2.68. The Kier molecular flexibility index (Phi) is 2.87. The third-order valence-electron chi connectivity index (χ3n) is 1.42. The summed E-state index contributed by atoms with van der Waals surface area (Å²) in [6.07, 6.45) is 0. The molecule has 6 nitrogen and oxygen atoms in total. The van der Waals surface area contributed by atoms with Gasteiger partial charge in [-0.2, -0.15) is 0 Å². The van der Waals surface area contributed by atoms with Crippen molar-refractivity contribution in [1.82, 2.24) is 0 Å². The molecule has 0 spiro atoms. The van der Waals surface area contributed by atoms with Crippen molar-refractivity contribution < 1.29 is 23.7 Å². The predicted molar refractivity (Wildman–Crippen MR) is 44.4 cm³/mol. The quantitative estimate of drug-likeness (QED) is 0.589. The molecule has 0 saturated heterocycles. The molecule has 8 heteroatoms. The van der Waals surface area contributed by atoms with Gasteiger partial charge in [-0.05, 0) is 0 Å². The fourth-order valence-corrected chi connectivity index (χ4v) is 2.80. The minimum absolute atomic E-state index is 0.355. The second kappa shape index (κ2) is 3.51. The van der Waals surface area contributed by atoms with Crippen molar-refractivity contribution >= 4 is 35.0 Å². The monoisotopic (exact) mass is 334 g/mol. The van der Waals surface area contributed by atoms with Crippen LogP contribution in [0.4, 0.5) is 0 Å². The molecule has 1 aromatic carbocycles. The fourth-order valence-electron chi connectivity index (χ4n) is 0.784. The van der Waals surface area contributed by atoms with E-state index >= 15 is 0 Å². The van der Waals surface area contributed by atoms with Crippen LogP contribution in [0.3, 0.4) is 0 Å². The van der Waals surface area contributed by atoms with Gasteiger partial charge in [-0.25, -0.2) is 0 Å². The van der Waals surface area contributed by atoms with Crippen molar-refractivity contribution in [2.45, 2.75) is 0 Å². The molecular formula is C6H6O6Se2. The van der Waals surface area contributed by atoms with Crippen LogP contribution in [0.25, 0.3) is 0 Å². The molecule has 0 radical (unpaired) electrons. The standard InChI is InChI=1S/C6H6O6Se2/c7-13(8,9)5-1-2-6(4-3-5)14(10,11)12/h1-4H,(H,7,8,9)(H,10,11,12). The molecule has 14 heavy (non-hydrogen) atoms. The summed E-state index contributed by atoms with van der Waals surface area (Å²) >= 11 is -10.1. The summed E-state index contributed by atoms with van der Waals surface area (Å²) in [6.45, 7) is 0. The molecule has 0 bridgehead atoms. The van der Waals surface area contributed by atoms with E-state index in [2.05, 4.69) is 0 Å². The Labute approximate surface area is 83.1 Å². The second-order valence-corrected chi connectivity index (χ2v) is 8.39. The van der Waals surface area contributed by atoms with Crippen molar-refractivity contribution in [3.05, 3.63) is 24.3 Å². The van der Waals surface area contributed by atoms with Gasteiger partial charge in [0, 0.05) is 0 Å². The molecule has 0 fully saturated rings. The van der Waals surface area contributed by atoms with E-state index in [1.54, 1.807) is 0 Å². The van der Waals surface area contributed by atoms with Gasteiger partial charge < -0.3 is 0 Å². The Bertz CT molecular complexity index is 473. The van der Waals surface area contributed by atoms with Crippen LogP contribution in [0.5, 0.6) is 0 Å². The van der Waals surface area contributed by atoms with E-state index < -0.39 is 26.1 Å². The van der Waals surface area contributed by atoms with E-state index in [0.29, 0.717) is 0 Å². The molecule has 0 saturated carbocycles. The maximum absolute atomic E-state index is 10.6. The second-order valence-electron chi connectivity index (χ2n) is 2.42. The molecule has 0 unspecified atom stereocenters. The molecule has 0 aliphatic carbocycles. The van der Waals surface area contributed by atoms with Crippen LogP contribution in [-0.2, 0) is 15.3 Å². The van der Waals surface area contributed by atoms with Gasteiger partial charge in [0.05, 0.1) is 0 Å². The van der Waals surface area contributed by atoms with Gasteiger partial charge in [0.1, 0.15) is 0 Å². The summed E-state index contributed by atoms with van der Waals surface area (Å²) in [7, 11) is 0. The van der Waals surface area contributed by atoms with Crippen molar-refractivity contribution in [3.63, 3.8) is 0 Å². The van der Waals surface area contributed by atoms with Crippen molar-refractivity contribution in [3.8, 4) is 0 Å². The first kappa shape index (κ1) is 11.5. The average Bonchev–Trinajstić information content (AvgIpc) is 2.01. The van der Waals surface area contributed by atoms with Crippen LogP contribution in [0.2, 0.25) is 0 Å². The topological polar surface area (TPSA) is 109 Å². The minimum atomic E-state index is -5.06. The van der Waals surface area contributed by atoms with E-state index in [1.165, 1.54) is 0 Å². The Morgan fingerprint density at radius 1 is 0.714 bits per heavy atom. The van der Waals surface area contributed by atoms with E-state index in [1.807, 2.05) is 0 Å². The van der Waals surface area contributed by atoms with Gasteiger partial charge >= 0.3 is 83.0 Å². The molecule has 0 amide bonds. The van der Waals surface area contributed by atoms with Crippen molar-refractivity contribution in [2.24, 2.45) is 0 Å². The Hall–Kier alpha value is -0.621. The summed E-state index contributed by atoms with van der Waals surface area (Å²) in [5.41, 5.74) is 0. The fraction of sp³-hybridized carbons (Fsp3) is 0. The maximum atomic E-state index is 10.6. The third-order valence-corrected chi connectivity index (χ3v) is 5.06. The van der Waals surface area contributed by atoms with E-state index in [-0.39, 0.29) is 8.92 Å². The molecule has 0 heterocycles. The molecule has 0 aliphatic heterocycles. The van der Waals surface area contributed by atoms with Gasteiger partial charge in [0.25, 0.3) is 0 Å². The first-order chi connectivity index (χ1) is 6.21. The zero-order valence-electron chi connectivity index (χ0n) is 6.65. The van der Waals surface area contributed by atoms with Gasteiger partial charge in [-0.1, -0.05) is 0 Å².